The molecule has 3 aromatic rings. The lowest BCUT2D eigenvalue weighted by Crippen LogP contribution is -2.10. The molecule has 0 spiro atoms. The standard InChI is InChI=1S/C24H21ClN2/c1-17(15-18(2)26)20-6-3-19(4-7-20)5-13-24-14-10-22(16-27-24)21-8-11-23(25)12-9-21/h3-4,6-12,14-16,18H,26H2,1-2H3/t18-/m1/s1. The first-order valence-corrected chi connectivity index (χ1v) is 9.17. The fourth-order valence-corrected chi connectivity index (χ4v) is 2.85. The van der Waals surface area contributed by atoms with Crippen molar-refractivity contribution in [3.05, 3.63) is 94.8 Å². The van der Waals surface area contributed by atoms with E-state index < -0.39 is 0 Å². The molecule has 3 rings (SSSR count). The molecule has 134 valence electrons. The zero-order valence-electron chi connectivity index (χ0n) is 15.4. The third-order valence-electron chi connectivity index (χ3n) is 4.13. The number of benzene rings is 2. The summed E-state index contributed by atoms with van der Waals surface area (Å²) in [6.45, 7) is 4.03. The first-order valence-electron chi connectivity index (χ1n) is 8.80. The maximum Gasteiger partial charge on any atom is 0.113 e. The van der Waals surface area contributed by atoms with Crippen molar-refractivity contribution < 1.29 is 0 Å². The van der Waals surface area contributed by atoms with Crippen molar-refractivity contribution in [3.63, 3.8) is 0 Å². The van der Waals surface area contributed by atoms with Gasteiger partial charge in [-0.05, 0) is 66.8 Å². The number of hydrogen-bond acceptors (Lipinski definition) is 2. The van der Waals surface area contributed by atoms with Crippen molar-refractivity contribution in [2.75, 3.05) is 0 Å². The van der Waals surface area contributed by atoms with E-state index in [0.29, 0.717) is 0 Å². The minimum absolute atomic E-state index is 0.0476. The van der Waals surface area contributed by atoms with Gasteiger partial charge in [0.1, 0.15) is 5.69 Å². The van der Waals surface area contributed by atoms with Gasteiger partial charge in [0.25, 0.3) is 0 Å². The molecule has 0 aliphatic rings. The van der Waals surface area contributed by atoms with Crippen molar-refractivity contribution in [3.8, 4) is 23.0 Å². The van der Waals surface area contributed by atoms with Crippen molar-refractivity contribution >= 4 is 17.2 Å². The summed E-state index contributed by atoms with van der Waals surface area (Å²) in [7, 11) is 0. The lowest BCUT2D eigenvalue weighted by atomic mass is 10.0. The first kappa shape index (κ1) is 18.9. The molecule has 0 radical (unpaired) electrons. The van der Waals surface area contributed by atoms with Crippen LogP contribution in [0.25, 0.3) is 16.7 Å². The summed E-state index contributed by atoms with van der Waals surface area (Å²) in [6.07, 6.45) is 3.88. The second-order valence-electron chi connectivity index (χ2n) is 6.48. The number of nitrogens with two attached hydrogens (primary N) is 1. The maximum atomic E-state index is 5.93. The minimum atomic E-state index is 0.0476. The Kier molecular flexibility index (Phi) is 6.08. The molecule has 0 amide bonds. The number of halogens is 1. The van der Waals surface area contributed by atoms with Crippen LogP contribution in [0.1, 0.15) is 30.7 Å². The molecule has 1 heterocycles. The Bertz CT molecular complexity index is 987. The molecule has 2 aromatic carbocycles. The monoisotopic (exact) mass is 372 g/mol. The summed E-state index contributed by atoms with van der Waals surface area (Å²) in [4.78, 5) is 4.44. The van der Waals surface area contributed by atoms with Gasteiger partial charge in [0.2, 0.25) is 0 Å². The summed E-state index contributed by atoms with van der Waals surface area (Å²) >= 11 is 5.93. The number of aromatic nitrogens is 1. The number of pyridine rings is 1. The normalized spacial score (nSPS) is 12.2. The lowest BCUT2D eigenvalue weighted by molar-refractivity contribution is 0.927. The van der Waals surface area contributed by atoms with Crippen molar-refractivity contribution in [2.45, 2.75) is 19.9 Å². The third-order valence-corrected chi connectivity index (χ3v) is 4.38. The fourth-order valence-electron chi connectivity index (χ4n) is 2.72. The van der Waals surface area contributed by atoms with Crippen LogP contribution in [0.15, 0.2) is 72.9 Å². The predicted molar refractivity (Wildman–Crippen MR) is 114 cm³/mol. The molecule has 1 atom stereocenters. The van der Waals surface area contributed by atoms with Gasteiger partial charge in [0, 0.05) is 28.4 Å². The van der Waals surface area contributed by atoms with E-state index >= 15 is 0 Å². The van der Waals surface area contributed by atoms with E-state index in [1.54, 1.807) is 0 Å². The zero-order valence-corrected chi connectivity index (χ0v) is 16.2. The predicted octanol–water partition coefficient (Wildman–Crippen LogP) is 5.55. The van der Waals surface area contributed by atoms with Gasteiger partial charge in [-0.3, -0.25) is 0 Å². The van der Waals surface area contributed by atoms with E-state index in [1.807, 2.05) is 67.7 Å². The molecule has 0 bridgehead atoms. The van der Waals surface area contributed by atoms with Gasteiger partial charge in [-0.1, -0.05) is 53.9 Å². The van der Waals surface area contributed by atoms with E-state index in [1.165, 1.54) is 5.57 Å². The highest BCUT2D eigenvalue weighted by Crippen LogP contribution is 2.20. The Balaban J connectivity index is 1.73. The number of hydrogen-bond donors (Lipinski definition) is 1. The van der Waals surface area contributed by atoms with Gasteiger partial charge in [0.15, 0.2) is 0 Å². The van der Waals surface area contributed by atoms with Crippen molar-refractivity contribution in [1.29, 1.82) is 0 Å². The van der Waals surface area contributed by atoms with E-state index in [-0.39, 0.29) is 6.04 Å². The highest BCUT2D eigenvalue weighted by atomic mass is 35.5. The molecule has 0 saturated carbocycles. The summed E-state index contributed by atoms with van der Waals surface area (Å²) in [6, 6.07) is 19.9. The number of allylic oxidation sites excluding steroid dienone is 1. The molecule has 3 heteroatoms. The van der Waals surface area contributed by atoms with E-state index in [4.69, 9.17) is 17.3 Å². The van der Waals surface area contributed by atoms with Gasteiger partial charge < -0.3 is 5.73 Å². The maximum absolute atomic E-state index is 5.93. The minimum Gasteiger partial charge on any atom is -0.325 e. The van der Waals surface area contributed by atoms with E-state index in [9.17, 15) is 0 Å². The largest absolute Gasteiger partial charge is 0.325 e. The van der Waals surface area contributed by atoms with Crippen LogP contribution in [0.3, 0.4) is 0 Å². The van der Waals surface area contributed by atoms with Gasteiger partial charge in [-0.25, -0.2) is 4.98 Å². The quantitative estimate of drug-likeness (QED) is 0.612. The Labute approximate surface area is 165 Å². The van der Waals surface area contributed by atoms with Crippen LogP contribution >= 0.6 is 11.6 Å². The summed E-state index contributed by atoms with van der Waals surface area (Å²) < 4.78 is 0. The smallest absolute Gasteiger partial charge is 0.113 e. The molecule has 2 N–H and O–H groups in total. The lowest BCUT2D eigenvalue weighted by Gasteiger charge is -2.04. The summed E-state index contributed by atoms with van der Waals surface area (Å²) in [5.74, 6) is 6.27. The molecule has 0 unspecified atom stereocenters. The van der Waals surface area contributed by atoms with Crippen LogP contribution in [0.4, 0.5) is 0 Å². The van der Waals surface area contributed by atoms with Crippen LogP contribution in [-0.2, 0) is 0 Å². The SMILES string of the molecule is CC(=C[C@@H](C)N)c1ccc(C#Cc2ccc(-c3ccc(Cl)cc3)cn2)cc1. The number of nitrogens with zero attached hydrogens (tertiary/aromatic N) is 1. The van der Waals surface area contributed by atoms with Crippen molar-refractivity contribution in [2.24, 2.45) is 5.73 Å². The first-order chi connectivity index (χ1) is 13.0. The van der Waals surface area contributed by atoms with Gasteiger partial charge >= 0.3 is 0 Å². The summed E-state index contributed by atoms with van der Waals surface area (Å²) in [5, 5.41) is 0.725. The fraction of sp³-hybridized carbons (Fsp3) is 0.125. The average Bonchev–Trinajstić information content (AvgIpc) is 2.67. The topological polar surface area (TPSA) is 38.9 Å². The average molecular weight is 373 g/mol. The molecular formula is C24H21ClN2. The Hall–Kier alpha value is -2.86. The molecule has 0 fully saturated rings. The van der Waals surface area contributed by atoms with Crippen molar-refractivity contribution in [1.82, 2.24) is 4.98 Å². The second kappa shape index (κ2) is 8.68. The molecular weight excluding hydrogens is 352 g/mol. The number of rotatable bonds is 3. The molecule has 1 aromatic heterocycles. The molecule has 2 nitrogen and oxygen atoms in total. The molecule has 0 aliphatic carbocycles. The van der Waals surface area contributed by atoms with E-state index in [0.717, 1.165) is 33.0 Å². The second-order valence-corrected chi connectivity index (χ2v) is 6.91. The van der Waals surface area contributed by atoms with Crippen LogP contribution in [-0.4, -0.2) is 11.0 Å². The van der Waals surface area contributed by atoms with Gasteiger partial charge in [-0.2, -0.15) is 0 Å². The van der Waals surface area contributed by atoms with Crippen LogP contribution < -0.4 is 5.73 Å². The highest BCUT2D eigenvalue weighted by Gasteiger charge is 1.99. The molecule has 0 saturated heterocycles. The van der Waals surface area contributed by atoms with Crippen LogP contribution in [0, 0.1) is 11.8 Å². The van der Waals surface area contributed by atoms with Gasteiger partial charge in [-0.15, -0.1) is 0 Å². The molecule has 27 heavy (non-hydrogen) atoms. The Morgan fingerprint density at radius 2 is 1.63 bits per heavy atom. The molecule has 0 aliphatic heterocycles. The van der Waals surface area contributed by atoms with Gasteiger partial charge in [0.05, 0.1) is 0 Å². The van der Waals surface area contributed by atoms with E-state index in [2.05, 4.69) is 35.9 Å². The van der Waals surface area contributed by atoms with Crippen LogP contribution in [0.5, 0.6) is 0 Å². The third kappa shape index (κ3) is 5.31. The highest BCUT2D eigenvalue weighted by molar-refractivity contribution is 6.30. The van der Waals surface area contributed by atoms with Crippen LogP contribution in [0.2, 0.25) is 5.02 Å². The Morgan fingerprint density at radius 1 is 0.963 bits per heavy atom. The summed E-state index contributed by atoms with van der Waals surface area (Å²) in [5.41, 5.74) is 12.0. The zero-order chi connectivity index (χ0) is 19.2. The Morgan fingerprint density at radius 3 is 2.22 bits per heavy atom.